The SMILES string of the molecule is CCOC1C(O)CC1Oc1cc(F)c(Br)cc1[N+](=O)[O-]. The van der Waals surface area contributed by atoms with Gasteiger partial charge in [0.15, 0.2) is 5.75 Å². The first-order chi connectivity index (χ1) is 9.43. The average Bonchev–Trinajstić information content (AvgIpc) is 2.39. The molecule has 0 spiro atoms. The maximum absolute atomic E-state index is 13.5. The molecule has 0 aromatic heterocycles. The van der Waals surface area contributed by atoms with Gasteiger partial charge in [-0.3, -0.25) is 10.1 Å². The second kappa shape index (κ2) is 6.02. The van der Waals surface area contributed by atoms with Crippen LogP contribution in [0.25, 0.3) is 0 Å². The Balaban J connectivity index is 2.21. The molecule has 6 nitrogen and oxygen atoms in total. The summed E-state index contributed by atoms with van der Waals surface area (Å²) in [5.41, 5.74) is -0.338. The smallest absolute Gasteiger partial charge is 0.312 e. The number of nitro benzene ring substituents is 1. The number of aliphatic hydroxyl groups is 1. The lowest BCUT2D eigenvalue weighted by Crippen LogP contribution is -2.55. The summed E-state index contributed by atoms with van der Waals surface area (Å²) in [5.74, 6) is -0.823. The number of nitrogens with zero attached hydrogens (tertiary/aromatic N) is 1. The van der Waals surface area contributed by atoms with Gasteiger partial charge in [-0.25, -0.2) is 4.39 Å². The highest BCUT2D eigenvalue weighted by Gasteiger charge is 2.43. The summed E-state index contributed by atoms with van der Waals surface area (Å²) < 4.78 is 24.2. The monoisotopic (exact) mass is 349 g/mol. The van der Waals surface area contributed by atoms with Crippen LogP contribution < -0.4 is 4.74 Å². The van der Waals surface area contributed by atoms with Crippen LogP contribution in [-0.2, 0) is 4.74 Å². The van der Waals surface area contributed by atoms with Crippen LogP contribution in [0.2, 0.25) is 0 Å². The Morgan fingerprint density at radius 1 is 1.60 bits per heavy atom. The summed E-state index contributed by atoms with van der Waals surface area (Å²) in [7, 11) is 0. The molecule has 0 saturated heterocycles. The Bertz CT molecular complexity index is 527. The van der Waals surface area contributed by atoms with E-state index >= 15 is 0 Å². The molecule has 0 bridgehead atoms. The quantitative estimate of drug-likeness (QED) is 0.652. The molecular weight excluding hydrogens is 337 g/mol. The third kappa shape index (κ3) is 2.92. The van der Waals surface area contributed by atoms with E-state index in [1.807, 2.05) is 0 Å². The van der Waals surface area contributed by atoms with Crippen molar-refractivity contribution in [2.24, 2.45) is 0 Å². The third-order valence-corrected chi connectivity index (χ3v) is 3.66. The lowest BCUT2D eigenvalue weighted by atomic mass is 9.88. The van der Waals surface area contributed by atoms with Gasteiger partial charge < -0.3 is 14.6 Å². The molecule has 0 radical (unpaired) electrons. The van der Waals surface area contributed by atoms with Crippen LogP contribution in [0, 0.1) is 15.9 Å². The number of rotatable bonds is 5. The normalized spacial score (nSPS) is 25.1. The van der Waals surface area contributed by atoms with E-state index in [2.05, 4.69) is 15.9 Å². The van der Waals surface area contributed by atoms with E-state index in [-0.39, 0.29) is 15.9 Å². The Hall–Kier alpha value is -1.25. The van der Waals surface area contributed by atoms with Crippen molar-refractivity contribution in [2.75, 3.05) is 6.61 Å². The summed E-state index contributed by atoms with van der Waals surface area (Å²) in [6.45, 7) is 2.15. The standard InChI is InChI=1S/C12H13BrFNO5/c1-2-19-12-9(16)5-11(12)20-10-4-7(14)6(13)3-8(10)15(17)18/h3-4,9,11-12,16H,2,5H2,1H3. The van der Waals surface area contributed by atoms with E-state index in [1.165, 1.54) is 0 Å². The number of halogens is 2. The first kappa shape index (κ1) is 15.1. The van der Waals surface area contributed by atoms with Gasteiger partial charge in [-0.1, -0.05) is 0 Å². The first-order valence-corrected chi connectivity index (χ1v) is 6.83. The van der Waals surface area contributed by atoms with E-state index in [9.17, 15) is 19.6 Å². The van der Waals surface area contributed by atoms with Crippen molar-refractivity contribution in [1.29, 1.82) is 0 Å². The molecule has 2 rings (SSSR count). The van der Waals surface area contributed by atoms with Crippen molar-refractivity contribution in [3.63, 3.8) is 0 Å². The molecule has 1 aromatic carbocycles. The second-order valence-electron chi connectivity index (χ2n) is 4.37. The predicted molar refractivity (Wildman–Crippen MR) is 71.2 cm³/mol. The highest BCUT2D eigenvalue weighted by Crippen LogP contribution is 2.36. The van der Waals surface area contributed by atoms with Crippen molar-refractivity contribution in [3.05, 3.63) is 32.5 Å². The molecule has 1 aromatic rings. The van der Waals surface area contributed by atoms with Crippen molar-refractivity contribution in [2.45, 2.75) is 31.7 Å². The average molecular weight is 350 g/mol. The molecule has 8 heteroatoms. The van der Waals surface area contributed by atoms with Gasteiger partial charge in [0, 0.05) is 25.2 Å². The molecule has 0 amide bonds. The fourth-order valence-corrected chi connectivity index (χ4v) is 2.33. The Labute approximate surface area is 122 Å². The number of aliphatic hydroxyl groups excluding tert-OH is 1. The minimum Gasteiger partial charge on any atom is -0.480 e. The molecule has 1 fully saturated rings. The zero-order valence-corrected chi connectivity index (χ0v) is 12.2. The molecule has 110 valence electrons. The van der Waals surface area contributed by atoms with E-state index in [4.69, 9.17) is 9.47 Å². The van der Waals surface area contributed by atoms with Crippen LogP contribution in [0.1, 0.15) is 13.3 Å². The minimum absolute atomic E-state index is 0.00782. The van der Waals surface area contributed by atoms with Crippen LogP contribution in [0.3, 0.4) is 0 Å². The molecule has 1 saturated carbocycles. The molecule has 0 heterocycles. The van der Waals surface area contributed by atoms with Crippen LogP contribution in [-0.4, -0.2) is 34.9 Å². The molecule has 0 aliphatic heterocycles. The lowest BCUT2D eigenvalue weighted by Gasteiger charge is -2.40. The van der Waals surface area contributed by atoms with Gasteiger partial charge in [-0.2, -0.15) is 0 Å². The highest BCUT2D eigenvalue weighted by atomic mass is 79.9. The van der Waals surface area contributed by atoms with E-state index in [0.717, 1.165) is 12.1 Å². The zero-order valence-electron chi connectivity index (χ0n) is 10.6. The molecule has 3 unspecified atom stereocenters. The molecule has 20 heavy (non-hydrogen) atoms. The molecule has 1 aliphatic rings. The predicted octanol–water partition coefficient (Wildman–Crippen LogP) is 2.41. The van der Waals surface area contributed by atoms with E-state index in [1.54, 1.807) is 6.92 Å². The van der Waals surface area contributed by atoms with Gasteiger partial charge in [-0.15, -0.1) is 0 Å². The second-order valence-corrected chi connectivity index (χ2v) is 5.22. The minimum atomic E-state index is -0.667. The zero-order chi connectivity index (χ0) is 14.9. The summed E-state index contributed by atoms with van der Waals surface area (Å²) in [5, 5.41) is 20.5. The summed E-state index contributed by atoms with van der Waals surface area (Å²) >= 11 is 2.89. The van der Waals surface area contributed by atoms with Crippen LogP contribution in [0.15, 0.2) is 16.6 Å². The van der Waals surface area contributed by atoms with Gasteiger partial charge in [0.2, 0.25) is 0 Å². The molecule has 1 N–H and O–H groups in total. The van der Waals surface area contributed by atoms with E-state index in [0.29, 0.717) is 13.0 Å². The van der Waals surface area contributed by atoms with Crippen molar-refractivity contribution < 1.29 is 23.9 Å². The molecular formula is C12H13BrFNO5. The molecule has 3 atom stereocenters. The topological polar surface area (TPSA) is 81.8 Å². The number of benzene rings is 1. The highest BCUT2D eigenvalue weighted by molar-refractivity contribution is 9.10. The van der Waals surface area contributed by atoms with Crippen LogP contribution >= 0.6 is 15.9 Å². The summed E-state index contributed by atoms with van der Waals surface area (Å²) in [6, 6.07) is 2.01. The number of hydrogen-bond acceptors (Lipinski definition) is 5. The summed E-state index contributed by atoms with van der Waals surface area (Å²) in [6.07, 6.45) is -1.45. The van der Waals surface area contributed by atoms with Crippen molar-refractivity contribution in [3.8, 4) is 5.75 Å². The maximum Gasteiger partial charge on any atom is 0.312 e. The fraction of sp³-hybridized carbons (Fsp3) is 0.500. The van der Waals surface area contributed by atoms with Crippen molar-refractivity contribution >= 4 is 21.6 Å². The van der Waals surface area contributed by atoms with Crippen LogP contribution in [0.4, 0.5) is 10.1 Å². The lowest BCUT2D eigenvalue weighted by molar-refractivity contribution is -0.386. The first-order valence-electron chi connectivity index (χ1n) is 6.03. The van der Waals surface area contributed by atoms with Crippen molar-refractivity contribution in [1.82, 2.24) is 0 Å². The third-order valence-electron chi connectivity index (χ3n) is 3.06. The van der Waals surface area contributed by atoms with Gasteiger partial charge in [-0.05, 0) is 22.9 Å². The summed E-state index contributed by atoms with van der Waals surface area (Å²) in [4.78, 5) is 10.3. The number of hydrogen-bond donors (Lipinski definition) is 1. The Morgan fingerprint density at radius 2 is 2.30 bits per heavy atom. The number of nitro groups is 1. The Kier molecular flexibility index (Phi) is 4.56. The van der Waals surface area contributed by atoms with E-state index < -0.39 is 29.1 Å². The largest absolute Gasteiger partial charge is 0.480 e. The van der Waals surface area contributed by atoms with Crippen LogP contribution in [0.5, 0.6) is 5.75 Å². The Morgan fingerprint density at radius 3 is 2.85 bits per heavy atom. The fourth-order valence-electron chi connectivity index (χ4n) is 2.00. The van der Waals surface area contributed by atoms with Gasteiger partial charge in [0.05, 0.1) is 15.5 Å². The maximum atomic E-state index is 13.5. The van der Waals surface area contributed by atoms with Gasteiger partial charge >= 0.3 is 5.69 Å². The van der Waals surface area contributed by atoms with Gasteiger partial charge in [0.25, 0.3) is 0 Å². The van der Waals surface area contributed by atoms with Gasteiger partial charge in [0.1, 0.15) is 18.0 Å². The number of ether oxygens (including phenoxy) is 2. The molecule has 1 aliphatic carbocycles.